The Balaban J connectivity index is 1.90. The van der Waals surface area contributed by atoms with Crippen LogP contribution in [0.5, 0.6) is 0 Å². The Morgan fingerprint density at radius 1 is 1.44 bits per heavy atom. The fraction of sp³-hybridized carbons (Fsp3) is 0.917. The second-order valence-electron chi connectivity index (χ2n) is 5.48. The highest BCUT2D eigenvalue weighted by Crippen LogP contribution is 2.28. The first-order valence-corrected chi connectivity index (χ1v) is 6.07. The second-order valence-corrected chi connectivity index (χ2v) is 5.48. The minimum Gasteiger partial charge on any atom is -0.390 e. The summed E-state index contributed by atoms with van der Waals surface area (Å²) in [5.41, 5.74) is -0.679. The summed E-state index contributed by atoms with van der Waals surface area (Å²) in [7, 11) is 0. The summed E-state index contributed by atoms with van der Waals surface area (Å²) in [5, 5.41) is 9.92. The lowest BCUT2D eigenvalue weighted by molar-refractivity contribution is -0.134. The number of carbonyl (C=O) groups excluding carboxylic acids is 1. The predicted molar refractivity (Wildman–Crippen MR) is 59.9 cm³/mol. The molecule has 0 aromatic heterocycles. The largest absolute Gasteiger partial charge is 0.390 e. The van der Waals surface area contributed by atoms with Crippen LogP contribution in [0.15, 0.2) is 0 Å². The summed E-state index contributed by atoms with van der Waals surface area (Å²) in [6, 6.07) is 0. The van der Waals surface area contributed by atoms with Gasteiger partial charge >= 0.3 is 0 Å². The molecule has 0 aliphatic carbocycles. The molecule has 0 bridgehead atoms. The second kappa shape index (κ2) is 4.34. The van der Waals surface area contributed by atoms with Crippen LogP contribution in [0, 0.1) is 11.8 Å². The standard InChI is InChI=1S/C12H21NO3/c1-12(2,15)10-3-5-13(7-10)11(14)9-4-6-16-8-9/h9-10,15H,3-8H2,1-2H3. The average molecular weight is 227 g/mol. The summed E-state index contributed by atoms with van der Waals surface area (Å²) < 4.78 is 5.24. The molecule has 2 aliphatic heterocycles. The Labute approximate surface area is 96.6 Å². The maximum absolute atomic E-state index is 12.1. The number of aliphatic hydroxyl groups is 1. The van der Waals surface area contributed by atoms with E-state index in [4.69, 9.17) is 4.74 Å². The first-order chi connectivity index (χ1) is 7.48. The van der Waals surface area contributed by atoms with E-state index in [1.54, 1.807) is 0 Å². The molecule has 1 amide bonds. The van der Waals surface area contributed by atoms with Crippen molar-refractivity contribution in [2.75, 3.05) is 26.3 Å². The monoisotopic (exact) mass is 227 g/mol. The Hall–Kier alpha value is -0.610. The molecule has 0 spiro atoms. The maximum atomic E-state index is 12.1. The lowest BCUT2D eigenvalue weighted by atomic mass is 9.90. The maximum Gasteiger partial charge on any atom is 0.228 e. The Bertz CT molecular complexity index is 266. The van der Waals surface area contributed by atoms with Gasteiger partial charge in [-0.3, -0.25) is 4.79 Å². The fourth-order valence-corrected chi connectivity index (χ4v) is 2.52. The fourth-order valence-electron chi connectivity index (χ4n) is 2.52. The first-order valence-electron chi connectivity index (χ1n) is 6.07. The van der Waals surface area contributed by atoms with Gasteiger partial charge in [0.05, 0.1) is 18.1 Å². The zero-order valence-electron chi connectivity index (χ0n) is 10.1. The van der Waals surface area contributed by atoms with Gasteiger partial charge in [-0.25, -0.2) is 0 Å². The zero-order valence-corrected chi connectivity index (χ0v) is 10.1. The molecule has 1 N–H and O–H groups in total. The first kappa shape index (κ1) is 11.9. The van der Waals surface area contributed by atoms with Crippen LogP contribution in [0.4, 0.5) is 0 Å². The minimum absolute atomic E-state index is 0.0561. The number of likely N-dealkylation sites (tertiary alicyclic amines) is 1. The SMILES string of the molecule is CC(C)(O)C1CCN(C(=O)C2CCOC2)C1. The van der Waals surface area contributed by atoms with Gasteiger partial charge < -0.3 is 14.7 Å². The molecule has 4 nitrogen and oxygen atoms in total. The van der Waals surface area contributed by atoms with Crippen molar-refractivity contribution in [3.8, 4) is 0 Å². The van der Waals surface area contributed by atoms with Crippen molar-refractivity contribution >= 4 is 5.91 Å². The number of carbonyl (C=O) groups is 1. The van der Waals surface area contributed by atoms with Gasteiger partial charge in [-0.05, 0) is 26.7 Å². The molecule has 2 saturated heterocycles. The highest BCUT2D eigenvalue weighted by atomic mass is 16.5. The van der Waals surface area contributed by atoms with Gasteiger partial charge in [0.25, 0.3) is 0 Å². The summed E-state index contributed by atoms with van der Waals surface area (Å²) in [4.78, 5) is 14.0. The van der Waals surface area contributed by atoms with Gasteiger partial charge in [0.15, 0.2) is 0 Å². The summed E-state index contributed by atoms with van der Waals surface area (Å²) in [6.07, 6.45) is 1.76. The predicted octanol–water partition coefficient (Wildman–Crippen LogP) is 0.642. The van der Waals surface area contributed by atoms with Crippen molar-refractivity contribution in [3.63, 3.8) is 0 Å². The molecule has 0 aromatic rings. The quantitative estimate of drug-likeness (QED) is 0.753. The van der Waals surface area contributed by atoms with Gasteiger partial charge in [-0.15, -0.1) is 0 Å². The molecule has 2 fully saturated rings. The molecule has 92 valence electrons. The molecular weight excluding hydrogens is 206 g/mol. The molecule has 2 aliphatic rings. The Morgan fingerprint density at radius 3 is 2.69 bits per heavy atom. The van der Waals surface area contributed by atoms with E-state index < -0.39 is 5.60 Å². The van der Waals surface area contributed by atoms with E-state index in [-0.39, 0.29) is 17.7 Å². The Morgan fingerprint density at radius 2 is 2.19 bits per heavy atom. The molecule has 2 heterocycles. The molecule has 4 heteroatoms. The van der Waals surface area contributed by atoms with Crippen LogP contribution >= 0.6 is 0 Å². The highest BCUT2D eigenvalue weighted by molar-refractivity contribution is 5.79. The number of nitrogens with zero attached hydrogens (tertiary/aromatic N) is 1. The van der Waals surface area contributed by atoms with Gasteiger partial charge in [0.2, 0.25) is 5.91 Å². The van der Waals surface area contributed by atoms with Gasteiger partial charge in [0, 0.05) is 25.6 Å². The van der Waals surface area contributed by atoms with E-state index in [0.29, 0.717) is 19.8 Å². The Kier molecular flexibility index (Phi) is 3.22. The third-order valence-electron chi connectivity index (χ3n) is 3.78. The zero-order chi connectivity index (χ0) is 11.8. The lowest BCUT2D eigenvalue weighted by Crippen LogP contribution is -2.38. The third-order valence-corrected chi connectivity index (χ3v) is 3.78. The summed E-state index contributed by atoms with van der Waals surface area (Å²) in [6.45, 7) is 6.40. The number of rotatable bonds is 2. The van der Waals surface area contributed by atoms with Crippen molar-refractivity contribution in [2.24, 2.45) is 11.8 Å². The van der Waals surface area contributed by atoms with E-state index in [1.807, 2.05) is 18.7 Å². The minimum atomic E-state index is -0.679. The van der Waals surface area contributed by atoms with E-state index in [1.165, 1.54) is 0 Å². The van der Waals surface area contributed by atoms with E-state index in [0.717, 1.165) is 19.4 Å². The van der Waals surface area contributed by atoms with Crippen LogP contribution in [0.25, 0.3) is 0 Å². The van der Waals surface area contributed by atoms with Crippen molar-refractivity contribution in [1.82, 2.24) is 4.90 Å². The van der Waals surface area contributed by atoms with Crippen LogP contribution in [0.2, 0.25) is 0 Å². The molecule has 0 saturated carbocycles. The van der Waals surface area contributed by atoms with Crippen molar-refractivity contribution in [2.45, 2.75) is 32.3 Å². The van der Waals surface area contributed by atoms with E-state index in [2.05, 4.69) is 0 Å². The van der Waals surface area contributed by atoms with Crippen molar-refractivity contribution in [1.29, 1.82) is 0 Å². The van der Waals surface area contributed by atoms with Crippen LogP contribution < -0.4 is 0 Å². The van der Waals surface area contributed by atoms with Crippen molar-refractivity contribution < 1.29 is 14.6 Å². The smallest absolute Gasteiger partial charge is 0.228 e. The molecule has 2 unspecified atom stereocenters. The van der Waals surface area contributed by atoms with Crippen molar-refractivity contribution in [3.05, 3.63) is 0 Å². The number of amides is 1. The van der Waals surface area contributed by atoms with Crippen LogP contribution in [0.3, 0.4) is 0 Å². The lowest BCUT2D eigenvalue weighted by Gasteiger charge is -2.26. The van der Waals surface area contributed by atoms with E-state index >= 15 is 0 Å². The molecular formula is C12H21NO3. The third kappa shape index (κ3) is 2.38. The molecule has 2 rings (SSSR count). The molecule has 16 heavy (non-hydrogen) atoms. The number of ether oxygens (including phenoxy) is 1. The highest BCUT2D eigenvalue weighted by Gasteiger charge is 2.37. The van der Waals surface area contributed by atoms with Crippen LogP contribution in [0.1, 0.15) is 26.7 Å². The summed E-state index contributed by atoms with van der Waals surface area (Å²) in [5.74, 6) is 0.476. The van der Waals surface area contributed by atoms with Crippen LogP contribution in [-0.2, 0) is 9.53 Å². The normalized spacial score (nSPS) is 31.1. The van der Waals surface area contributed by atoms with Gasteiger partial charge in [-0.1, -0.05) is 0 Å². The average Bonchev–Trinajstić information content (AvgIpc) is 2.87. The number of hydrogen-bond donors (Lipinski definition) is 1. The topological polar surface area (TPSA) is 49.8 Å². The van der Waals surface area contributed by atoms with Gasteiger partial charge in [0.1, 0.15) is 0 Å². The molecule has 0 radical (unpaired) electrons. The van der Waals surface area contributed by atoms with Crippen LogP contribution in [-0.4, -0.2) is 47.8 Å². The van der Waals surface area contributed by atoms with E-state index in [9.17, 15) is 9.90 Å². The summed E-state index contributed by atoms with van der Waals surface area (Å²) >= 11 is 0. The molecule has 0 aromatic carbocycles. The number of hydrogen-bond acceptors (Lipinski definition) is 3. The van der Waals surface area contributed by atoms with Gasteiger partial charge in [-0.2, -0.15) is 0 Å². The molecule has 2 atom stereocenters.